The van der Waals surface area contributed by atoms with Gasteiger partial charge in [-0.25, -0.2) is 9.97 Å². The van der Waals surface area contributed by atoms with Crippen molar-refractivity contribution in [2.45, 2.75) is 6.54 Å². The molecule has 0 saturated carbocycles. The Morgan fingerprint density at radius 3 is 2.83 bits per heavy atom. The van der Waals surface area contributed by atoms with Gasteiger partial charge in [0.2, 0.25) is 0 Å². The molecule has 0 unspecified atom stereocenters. The average molecular weight is 340 g/mol. The number of hydrogen-bond acceptors (Lipinski definition) is 5. The molecule has 2 N–H and O–H groups in total. The predicted octanol–water partition coefficient (Wildman–Crippen LogP) is 3.39. The van der Waals surface area contributed by atoms with Gasteiger partial charge in [0.15, 0.2) is 0 Å². The summed E-state index contributed by atoms with van der Waals surface area (Å²) < 4.78 is 0. The van der Waals surface area contributed by atoms with Crippen LogP contribution >= 0.6 is 11.6 Å². The largest absolute Gasteiger partial charge is 0.366 e. The Morgan fingerprint density at radius 2 is 2.04 bits per heavy atom. The van der Waals surface area contributed by atoms with E-state index in [4.69, 9.17) is 11.6 Å². The zero-order valence-corrected chi connectivity index (χ0v) is 13.4. The molecule has 0 aliphatic rings. The number of nitrogens with zero attached hydrogens (tertiary/aromatic N) is 3. The first-order valence-corrected chi connectivity index (χ1v) is 7.60. The Kier molecular flexibility index (Phi) is 4.98. The lowest BCUT2D eigenvalue weighted by atomic mass is 10.3. The molecule has 7 heteroatoms. The number of rotatable bonds is 5. The molecule has 0 saturated heterocycles. The third-order valence-electron chi connectivity index (χ3n) is 3.18. The van der Waals surface area contributed by atoms with E-state index in [0.29, 0.717) is 23.1 Å². The van der Waals surface area contributed by atoms with E-state index in [1.807, 2.05) is 12.1 Å². The molecule has 0 aliphatic heterocycles. The van der Waals surface area contributed by atoms with Gasteiger partial charge in [0.25, 0.3) is 5.91 Å². The highest BCUT2D eigenvalue weighted by Crippen LogP contribution is 2.16. The van der Waals surface area contributed by atoms with E-state index in [1.54, 1.807) is 42.7 Å². The van der Waals surface area contributed by atoms with Crippen LogP contribution in [0.15, 0.2) is 61.2 Å². The molecule has 120 valence electrons. The fourth-order valence-corrected chi connectivity index (χ4v) is 2.23. The number of anilines is 2. The van der Waals surface area contributed by atoms with Gasteiger partial charge in [-0.05, 0) is 29.8 Å². The molecular formula is C17H14ClN5O. The molecule has 1 amide bonds. The standard InChI is InChI=1S/C17H14ClN5O/c18-13-4-1-5-14(7-13)23-17(24)15-8-16(22-11-21-15)20-10-12-3-2-6-19-9-12/h1-9,11H,10H2,(H,23,24)(H,20,21,22). The van der Waals surface area contributed by atoms with Crippen LogP contribution < -0.4 is 10.6 Å². The van der Waals surface area contributed by atoms with Gasteiger partial charge in [-0.15, -0.1) is 0 Å². The van der Waals surface area contributed by atoms with Gasteiger partial charge in [-0.2, -0.15) is 0 Å². The monoisotopic (exact) mass is 339 g/mol. The molecule has 1 aromatic carbocycles. The molecule has 0 bridgehead atoms. The van der Waals surface area contributed by atoms with Crippen LogP contribution in [0.5, 0.6) is 0 Å². The van der Waals surface area contributed by atoms with Crippen molar-refractivity contribution in [3.05, 3.63) is 77.5 Å². The lowest BCUT2D eigenvalue weighted by Crippen LogP contribution is -2.14. The van der Waals surface area contributed by atoms with E-state index in [9.17, 15) is 4.79 Å². The maximum absolute atomic E-state index is 12.3. The minimum atomic E-state index is -0.330. The molecule has 6 nitrogen and oxygen atoms in total. The van der Waals surface area contributed by atoms with E-state index >= 15 is 0 Å². The highest BCUT2D eigenvalue weighted by molar-refractivity contribution is 6.30. The maximum Gasteiger partial charge on any atom is 0.274 e. The summed E-state index contributed by atoms with van der Waals surface area (Å²) >= 11 is 5.91. The number of pyridine rings is 1. The van der Waals surface area contributed by atoms with E-state index in [2.05, 4.69) is 25.6 Å². The Labute approximate surface area is 143 Å². The predicted molar refractivity (Wildman–Crippen MR) is 93.0 cm³/mol. The second kappa shape index (κ2) is 7.52. The molecule has 0 radical (unpaired) electrons. The highest BCUT2D eigenvalue weighted by Gasteiger charge is 2.09. The van der Waals surface area contributed by atoms with Crippen LogP contribution in [0, 0.1) is 0 Å². The van der Waals surface area contributed by atoms with Crippen LogP contribution in [-0.4, -0.2) is 20.9 Å². The first-order valence-electron chi connectivity index (χ1n) is 7.22. The SMILES string of the molecule is O=C(Nc1cccc(Cl)c1)c1cc(NCc2cccnc2)ncn1. The zero-order chi connectivity index (χ0) is 16.8. The molecule has 3 aromatic rings. The summed E-state index contributed by atoms with van der Waals surface area (Å²) in [6, 6.07) is 12.3. The first kappa shape index (κ1) is 15.9. The van der Waals surface area contributed by atoms with Crippen molar-refractivity contribution >= 4 is 29.0 Å². The van der Waals surface area contributed by atoms with Gasteiger partial charge in [-0.1, -0.05) is 23.7 Å². The Bertz CT molecular complexity index is 841. The summed E-state index contributed by atoms with van der Waals surface area (Å²) in [6.45, 7) is 0.556. The number of carbonyl (C=O) groups is 1. The molecule has 3 rings (SSSR count). The number of benzene rings is 1. The molecule has 2 heterocycles. The van der Waals surface area contributed by atoms with Crippen molar-refractivity contribution in [1.82, 2.24) is 15.0 Å². The molecule has 0 aliphatic carbocycles. The number of hydrogen-bond donors (Lipinski definition) is 2. The fourth-order valence-electron chi connectivity index (χ4n) is 2.03. The second-order valence-corrected chi connectivity index (χ2v) is 5.40. The van der Waals surface area contributed by atoms with Crippen molar-refractivity contribution in [3.63, 3.8) is 0 Å². The average Bonchev–Trinajstić information content (AvgIpc) is 2.61. The van der Waals surface area contributed by atoms with Crippen molar-refractivity contribution in [1.29, 1.82) is 0 Å². The number of halogens is 1. The van der Waals surface area contributed by atoms with Crippen LogP contribution in [-0.2, 0) is 6.54 Å². The minimum absolute atomic E-state index is 0.263. The molecule has 24 heavy (non-hydrogen) atoms. The molecular weight excluding hydrogens is 326 g/mol. The van der Waals surface area contributed by atoms with Crippen molar-refractivity contribution in [3.8, 4) is 0 Å². The van der Waals surface area contributed by atoms with Gasteiger partial charge in [0.1, 0.15) is 17.8 Å². The van der Waals surface area contributed by atoms with Crippen LogP contribution in [0.4, 0.5) is 11.5 Å². The Morgan fingerprint density at radius 1 is 1.12 bits per heavy atom. The Hall–Kier alpha value is -2.99. The summed E-state index contributed by atoms with van der Waals surface area (Å²) in [6.07, 6.45) is 4.83. The molecule has 0 fully saturated rings. The van der Waals surface area contributed by atoms with Crippen LogP contribution in [0.1, 0.15) is 16.1 Å². The van der Waals surface area contributed by atoms with Crippen molar-refractivity contribution < 1.29 is 4.79 Å². The van der Waals surface area contributed by atoms with Crippen LogP contribution in [0.2, 0.25) is 5.02 Å². The summed E-state index contributed by atoms with van der Waals surface area (Å²) in [7, 11) is 0. The molecule has 2 aromatic heterocycles. The van der Waals surface area contributed by atoms with Gasteiger partial charge >= 0.3 is 0 Å². The van der Waals surface area contributed by atoms with Crippen LogP contribution in [0.3, 0.4) is 0 Å². The topological polar surface area (TPSA) is 79.8 Å². The minimum Gasteiger partial charge on any atom is -0.366 e. The van der Waals surface area contributed by atoms with Crippen molar-refractivity contribution in [2.75, 3.05) is 10.6 Å². The number of nitrogens with one attached hydrogen (secondary N) is 2. The first-order chi connectivity index (χ1) is 11.7. The lowest BCUT2D eigenvalue weighted by molar-refractivity contribution is 0.102. The molecule has 0 atom stereocenters. The quantitative estimate of drug-likeness (QED) is 0.744. The third kappa shape index (κ3) is 4.27. The zero-order valence-electron chi connectivity index (χ0n) is 12.6. The number of amides is 1. The van der Waals surface area contributed by atoms with Gasteiger partial charge in [0, 0.05) is 35.7 Å². The molecule has 0 spiro atoms. The highest BCUT2D eigenvalue weighted by atomic mass is 35.5. The van der Waals surface area contributed by atoms with E-state index < -0.39 is 0 Å². The Balaban J connectivity index is 1.67. The summed E-state index contributed by atoms with van der Waals surface area (Å²) in [5, 5.41) is 6.44. The number of carbonyl (C=O) groups excluding carboxylic acids is 1. The van der Waals surface area contributed by atoms with E-state index in [-0.39, 0.29) is 11.6 Å². The second-order valence-electron chi connectivity index (χ2n) is 4.97. The summed E-state index contributed by atoms with van der Waals surface area (Å²) in [4.78, 5) is 24.4. The van der Waals surface area contributed by atoms with E-state index in [1.165, 1.54) is 6.33 Å². The van der Waals surface area contributed by atoms with Crippen molar-refractivity contribution in [2.24, 2.45) is 0 Å². The maximum atomic E-state index is 12.3. The number of aromatic nitrogens is 3. The van der Waals surface area contributed by atoms with Gasteiger partial charge in [0.05, 0.1) is 0 Å². The summed E-state index contributed by atoms with van der Waals surface area (Å²) in [5.74, 6) is 0.231. The summed E-state index contributed by atoms with van der Waals surface area (Å²) in [5.41, 5.74) is 1.88. The fraction of sp³-hybridized carbons (Fsp3) is 0.0588. The van der Waals surface area contributed by atoms with Gasteiger partial charge in [-0.3, -0.25) is 9.78 Å². The normalized spacial score (nSPS) is 10.2. The van der Waals surface area contributed by atoms with Gasteiger partial charge < -0.3 is 10.6 Å². The van der Waals surface area contributed by atoms with E-state index in [0.717, 1.165) is 5.56 Å². The smallest absolute Gasteiger partial charge is 0.274 e. The lowest BCUT2D eigenvalue weighted by Gasteiger charge is -2.08. The van der Waals surface area contributed by atoms with Crippen LogP contribution in [0.25, 0.3) is 0 Å². The third-order valence-corrected chi connectivity index (χ3v) is 3.41.